The number of benzene rings is 4. The maximum Gasteiger partial charge on any atom is 0.460 e. The minimum atomic E-state index is -7.55. The monoisotopic (exact) mass is 814 g/mol. The number of methoxy groups -OCH3 is 1. The van der Waals surface area contributed by atoms with E-state index in [2.05, 4.69) is 0 Å². The fourth-order valence-corrected chi connectivity index (χ4v) is 10.4. The second-order valence-corrected chi connectivity index (χ2v) is 16.1. The molecule has 0 aliphatic carbocycles. The first kappa shape index (κ1) is 42.8. The van der Waals surface area contributed by atoms with Crippen LogP contribution in [0.5, 0.6) is 11.5 Å². The highest BCUT2D eigenvalue weighted by Crippen LogP contribution is 2.71. The summed E-state index contributed by atoms with van der Waals surface area (Å²) in [5.41, 5.74) is 0.722. The zero-order chi connectivity index (χ0) is 40.2. The number of rotatable bonds is 17. The summed E-state index contributed by atoms with van der Waals surface area (Å²) in [5.74, 6) is -16.7. The standard InChI is InChI=1S/C36H35F9O7S2/c1-4-23-50-32(51-24-5-2,25-11-17-28(49-3)18-12-25)26-13-19-30(20-14-26)53(29-9-7-6-8-10-29,31-21-15-27(46)16-22-31)52-54(47,48)36(44,45)34(39,40)33(37,38)35(41,42)43/h6-22,46H,4-5,23-24H2,1-3H3. The van der Waals surface area contributed by atoms with Gasteiger partial charge in [0.2, 0.25) is 5.79 Å². The molecule has 0 aliphatic rings. The van der Waals surface area contributed by atoms with E-state index in [0.717, 1.165) is 36.4 Å². The van der Waals surface area contributed by atoms with Gasteiger partial charge in [-0.3, -0.25) is 0 Å². The van der Waals surface area contributed by atoms with Crippen LogP contribution < -0.4 is 4.74 Å². The molecule has 18 heteroatoms. The van der Waals surface area contributed by atoms with Gasteiger partial charge in [0.15, 0.2) is 0 Å². The lowest BCUT2D eigenvalue weighted by molar-refractivity contribution is -0.382. The van der Waals surface area contributed by atoms with E-state index in [1.165, 1.54) is 49.6 Å². The third-order valence-electron chi connectivity index (χ3n) is 7.92. The summed E-state index contributed by atoms with van der Waals surface area (Å²) in [6.45, 7) is 3.96. The van der Waals surface area contributed by atoms with Crippen LogP contribution in [0, 0.1) is 0 Å². The highest BCUT2D eigenvalue weighted by molar-refractivity contribution is 8.33. The molecule has 0 bridgehead atoms. The summed E-state index contributed by atoms with van der Waals surface area (Å²) < 4.78 is 177. The number of phenols is 1. The van der Waals surface area contributed by atoms with E-state index >= 15 is 8.78 Å². The lowest BCUT2D eigenvalue weighted by atomic mass is 9.96. The van der Waals surface area contributed by atoms with Crippen LogP contribution in [-0.2, 0) is 29.0 Å². The largest absolute Gasteiger partial charge is 0.508 e. The fraction of sp³-hybridized carbons (Fsp3) is 0.333. The van der Waals surface area contributed by atoms with E-state index in [0.29, 0.717) is 24.2 Å². The fourth-order valence-electron chi connectivity index (χ4n) is 5.18. The minimum Gasteiger partial charge on any atom is -0.508 e. The van der Waals surface area contributed by atoms with Crippen molar-refractivity contribution in [3.8, 4) is 11.5 Å². The molecule has 0 saturated heterocycles. The molecule has 0 aromatic heterocycles. The predicted molar refractivity (Wildman–Crippen MR) is 181 cm³/mol. The van der Waals surface area contributed by atoms with Crippen molar-refractivity contribution in [2.24, 2.45) is 0 Å². The number of hydrogen-bond acceptors (Lipinski definition) is 7. The Balaban J connectivity index is 2.04. The van der Waals surface area contributed by atoms with E-state index in [1.54, 1.807) is 24.3 Å². The number of halogens is 9. The van der Waals surface area contributed by atoms with Gasteiger partial charge in [0.25, 0.3) is 0 Å². The number of aromatic hydroxyl groups is 1. The number of ether oxygens (including phenoxy) is 3. The van der Waals surface area contributed by atoms with Crippen LogP contribution in [0.2, 0.25) is 0 Å². The third-order valence-corrected chi connectivity index (χ3v) is 13.1. The topological polar surface area (TPSA) is 91.3 Å². The van der Waals surface area contributed by atoms with Crippen molar-refractivity contribution in [1.82, 2.24) is 0 Å². The summed E-state index contributed by atoms with van der Waals surface area (Å²) in [4.78, 5) is -0.988. The number of phenolic OH excluding ortho intramolecular Hbond substituents is 1. The Kier molecular flexibility index (Phi) is 12.7. The van der Waals surface area contributed by atoms with E-state index < -0.39 is 55.2 Å². The van der Waals surface area contributed by atoms with Crippen molar-refractivity contribution in [2.75, 3.05) is 20.3 Å². The lowest BCUT2D eigenvalue weighted by Gasteiger charge is -2.42. The number of alkyl halides is 9. The van der Waals surface area contributed by atoms with Gasteiger partial charge in [-0.25, -0.2) is 3.63 Å². The van der Waals surface area contributed by atoms with Crippen molar-refractivity contribution in [2.45, 2.75) is 70.4 Å². The van der Waals surface area contributed by atoms with Gasteiger partial charge in [-0.2, -0.15) is 47.9 Å². The first-order valence-electron chi connectivity index (χ1n) is 16.0. The van der Waals surface area contributed by atoms with E-state index in [1.807, 2.05) is 13.8 Å². The minimum absolute atomic E-state index is 0.150. The molecule has 0 fully saturated rings. The third kappa shape index (κ3) is 7.63. The Hall–Kier alpha value is -3.97. The van der Waals surface area contributed by atoms with Crippen molar-refractivity contribution in [1.29, 1.82) is 0 Å². The Morgan fingerprint density at radius 2 is 1.02 bits per heavy atom. The Morgan fingerprint density at radius 1 is 0.593 bits per heavy atom. The molecule has 0 saturated carbocycles. The Bertz CT molecular complexity index is 1940. The summed E-state index contributed by atoms with van der Waals surface area (Å²) in [6.07, 6.45) is -6.25. The second-order valence-electron chi connectivity index (χ2n) is 11.6. The molecule has 0 aliphatic heterocycles. The molecule has 1 atom stereocenters. The van der Waals surface area contributed by atoms with Crippen molar-refractivity contribution >= 4 is 20.4 Å². The predicted octanol–water partition coefficient (Wildman–Crippen LogP) is 10.4. The molecule has 7 nitrogen and oxygen atoms in total. The zero-order valence-corrected chi connectivity index (χ0v) is 30.4. The average Bonchev–Trinajstić information content (AvgIpc) is 3.14. The molecule has 54 heavy (non-hydrogen) atoms. The SMILES string of the molecule is CCCOC(OCCC)(c1ccc(OC)cc1)c1ccc(S(OS(=O)(=O)C(F)(F)C(F)(F)C(F)(F)C(F)(F)F)(c2ccccc2)c2ccc(O)cc2)cc1. The van der Waals surface area contributed by atoms with Crippen molar-refractivity contribution in [3.63, 3.8) is 0 Å². The van der Waals surface area contributed by atoms with Crippen LogP contribution in [0.3, 0.4) is 0 Å². The lowest BCUT2D eigenvalue weighted by Crippen LogP contribution is -2.63. The van der Waals surface area contributed by atoms with E-state index in [9.17, 15) is 44.3 Å². The quantitative estimate of drug-likeness (QED) is 0.0838. The maximum absolute atomic E-state index is 15.3. The molecule has 1 unspecified atom stereocenters. The van der Waals surface area contributed by atoms with Crippen LogP contribution >= 0.6 is 10.3 Å². The number of hydrogen-bond donors (Lipinski definition) is 1. The summed E-state index contributed by atoms with van der Waals surface area (Å²) in [7, 11) is -10.3. The highest BCUT2D eigenvalue weighted by Gasteiger charge is 2.86. The molecule has 0 heterocycles. The van der Waals surface area contributed by atoms with Gasteiger partial charge < -0.3 is 19.3 Å². The van der Waals surface area contributed by atoms with Crippen LogP contribution in [0.1, 0.15) is 37.8 Å². The molecule has 1 N–H and O–H groups in total. The molecular formula is C36H35F9O7S2. The second kappa shape index (κ2) is 16.0. The van der Waals surface area contributed by atoms with E-state index in [4.69, 9.17) is 17.8 Å². The maximum atomic E-state index is 15.3. The Morgan fingerprint density at radius 3 is 1.44 bits per heavy atom. The Labute approximate surface area is 307 Å². The summed E-state index contributed by atoms with van der Waals surface area (Å²) >= 11 is 0. The van der Waals surface area contributed by atoms with Crippen LogP contribution in [0.25, 0.3) is 0 Å². The molecule has 0 radical (unpaired) electrons. The normalized spacial score (nSPS) is 15.0. The first-order chi connectivity index (χ1) is 25.2. The molecule has 0 spiro atoms. The molecule has 4 aromatic carbocycles. The van der Waals surface area contributed by atoms with Gasteiger partial charge in [-0.15, -0.1) is 0 Å². The van der Waals surface area contributed by atoms with Gasteiger partial charge >= 0.3 is 33.4 Å². The van der Waals surface area contributed by atoms with Gasteiger partial charge in [-0.05, 0) is 95.9 Å². The molecule has 296 valence electrons. The molecule has 4 rings (SSSR count). The van der Waals surface area contributed by atoms with Crippen LogP contribution in [0.15, 0.2) is 118 Å². The summed E-state index contributed by atoms with van der Waals surface area (Å²) in [5, 5.41) is 2.85. The molecular weight excluding hydrogens is 780 g/mol. The van der Waals surface area contributed by atoms with Gasteiger partial charge in [-0.1, -0.05) is 44.2 Å². The van der Waals surface area contributed by atoms with Crippen molar-refractivity contribution < 1.29 is 70.9 Å². The smallest absolute Gasteiger partial charge is 0.460 e. The summed E-state index contributed by atoms with van der Waals surface area (Å²) in [6, 6.07) is 21.9. The van der Waals surface area contributed by atoms with Gasteiger partial charge in [0.05, 0.1) is 20.3 Å². The van der Waals surface area contributed by atoms with Gasteiger partial charge in [0, 0.05) is 25.8 Å². The highest BCUT2D eigenvalue weighted by atomic mass is 32.3. The first-order valence-corrected chi connectivity index (χ1v) is 19.0. The van der Waals surface area contributed by atoms with E-state index in [-0.39, 0.29) is 33.5 Å². The molecule has 4 aromatic rings. The zero-order valence-electron chi connectivity index (χ0n) is 28.8. The average molecular weight is 815 g/mol. The van der Waals surface area contributed by atoms with Crippen LogP contribution in [-0.4, -0.2) is 57.1 Å². The molecule has 0 amide bonds. The van der Waals surface area contributed by atoms with Gasteiger partial charge in [0.1, 0.15) is 11.5 Å². The van der Waals surface area contributed by atoms with Crippen LogP contribution in [0.4, 0.5) is 39.5 Å². The van der Waals surface area contributed by atoms with Crippen molar-refractivity contribution in [3.05, 3.63) is 114 Å².